The van der Waals surface area contributed by atoms with Crippen molar-refractivity contribution in [1.82, 2.24) is 9.80 Å². The van der Waals surface area contributed by atoms with Crippen molar-refractivity contribution < 1.29 is 23.2 Å². The first-order valence-electron chi connectivity index (χ1n) is 13.0. The number of furan rings is 1. The summed E-state index contributed by atoms with van der Waals surface area (Å²) in [6.45, 7) is 2.44. The number of nitrogens with zero attached hydrogens (tertiary/aromatic N) is 3. The quantitative estimate of drug-likeness (QED) is 0.351. The molecule has 0 bridgehead atoms. The molecule has 9 heteroatoms. The van der Waals surface area contributed by atoms with E-state index < -0.39 is 5.82 Å². The number of benzene rings is 3. The Bertz CT molecular complexity index is 1450. The van der Waals surface area contributed by atoms with Gasteiger partial charge >= 0.3 is 0 Å². The first-order chi connectivity index (χ1) is 19.5. The van der Waals surface area contributed by atoms with Crippen LogP contribution in [0.3, 0.4) is 0 Å². The summed E-state index contributed by atoms with van der Waals surface area (Å²) in [5.41, 5.74) is 2.83. The molecule has 204 valence electrons. The van der Waals surface area contributed by atoms with Crippen LogP contribution < -0.4 is 10.2 Å². The summed E-state index contributed by atoms with van der Waals surface area (Å²) in [6, 6.07) is 25.9. The highest BCUT2D eigenvalue weighted by Gasteiger charge is 2.24. The number of anilines is 2. The van der Waals surface area contributed by atoms with Gasteiger partial charge in [-0.15, -0.1) is 0 Å². The van der Waals surface area contributed by atoms with E-state index in [1.807, 2.05) is 54.6 Å². The van der Waals surface area contributed by atoms with Crippen molar-refractivity contribution in [3.05, 3.63) is 120 Å². The van der Waals surface area contributed by atoms with E-state index in [1.54, 1.807) is 23.1 Å². The van der Waals surface area contributed by atoms with E-state index in [2.05, 4.69) is 10.2 Å². The Morgan fingerprint density at radius 3 is 2.27 bits per heavy atom. The summed E-state index contributed by atoms with van der Waals surface area (Å²) >= 11 is 0. The molecule has 1 fully saturated rings. The van der Waals surface area contributed by atoms with E-state index in [4.69, 9.17) is 4.42 Å². The molecule has 1 saturated heterocycles. The number of halogens is 1. The van der Waals surface area contributed by atoms with E-state index in [9.17, 15) is 18.8 Å². The van der Waals surface area contributed by atoms with Crippen molar-refractivity contribution in [2.45, 2.75) is 6.54 Å². The summed E-state index contributed by atoms with van der Waals surface area (Å²) in [5, 5.41) is 2.87. The zero-order chi connectivity index (χ0) is 27.9. The van der Waals surface area contributed by atoms with Gasteiger partial charge in [-0.1, -0.05) is 36.4 Å². The summed E-state index contributed by atoms with van der Waals surface area (Å²) in [4.78, 5) is 43.9. The second-order valence-electron chi connectivity index (χ2n) is 9.51. The van der Waals surface area contributed by atoms with Crippen molar-refractivity contribution in [2.24, 2.45) is 0 Å². The maximum absolute atomic E-state index is 13.5. The van der Waals surface area contributed by atoms with Gasteiger partial charge in [-0.05, 0) is 60.2 Å². The monoisotopic (exact) mass is 540 g/mol. The fourth-order valence-corrected chi connectivity index (χ4v) is 4.66. The van der Waals surface area contributed by atoms with Crippen molar-refractivity contribution in [1.29, 1.82) is 0 Å². The van der Waals surface area contributed by atoms with Crippen molar-refractivity contribution in [3.63, 3.8) is 0 Å². The zero-order valence-corrected chi connectivity index (χ0v) is 21.8. The summed E-state index contributed by atoms with van der Waals surface area (Å²) in [6.07, 6.45) is 1.43. The maximum Gasteiger partial charge on any atom is 0.290 e. The Labute approximate surface area is 231 Å². The van der Waals surface area contributed by atoms with Crippen LogP contribution in [0.5, 0.6) is 0 Å². The normalized spacial score (nSPS) is 13.1. The van der Waals surface area contributed by atoms with Crippen LogP contribution in [0.25, 0.3) is 0 Å². The van der Waals surface area contributed by atoms with Crippen molar-refractivity contribution in [3.8, 4) is 0 Å². The number of carbonyl (C=O) groups is 3. The Morgan fingerprint density at radius 1 is 0.850 bits per heavy atom. The molecule has 8 nitrogen and oxygen atoms in total. The third-order valence-electron chi connectivity index (χ3n) is 6.72. The van der Waals surface area contributed by atoms with Crippen LogP contribution >= 0.6 is 0 Å². The largest absolute Gasteiger partial charge is 0.459 e. The van der Waals surface area contributed by atoms with Gasteiger partial charge in [0.25, 0.3) is 11.8 Å². The third kappa shape index (κ3) is 6.55. The number of nitrogens with one attached hydrogen (secondary N) is 1. The summed E-state index contributed by atoms with van der Waals surface area (Å²) in [7, 11) is 0. The predicted molar refractivity (Wildman–Crippen MR) is 149 cm³/mol. The van der Waals surface area contributed by atoms with Gasteiger partial charge in [-0.2, -0.15) is 0 Å². The SMILES string of the molecule is O=C(CN(Cc1ccccc1)C(=O)c1ccco1)Nc1ccc(N2CCN(C(=O)c3cccc(F)c3)CC2)cc1. The molecule has 0 atom stereocenters. The minimum Gasteiger partial charge on any atom is -0.459 e. The highest BCUT2D eigenvalue weighted by molar-refractivity contribution is 5.98. The van der Waals surface area contributed by atoms with Gasteiger partial charge in [0.1, 0.15) is 12.4 Å². The molecule has 0 aliphatic carbocycles. The second-order valence-corrected chi connectivity index (χ2v) is 9.51. The standard InChI is InChI=1S/C31H29FN4O4/c32-25-9-4-8-24(20-25)30(38)35-17-15-34(16-18-35)27-13-11-26(12-14-27)33-29(37)22-36(21-23-6-2-1-3-7-23)31(39)28-10-5-19-40-28/h1-14,19-20H,15-18,21-22H2,(H,33,37). The number of amides is 3. The Hall–Kier alpha value is -4.92. The average Bonchev–Trinajstić information content (AvgIpc) is 3.52. The van der Waals surface area contributed by atoms with Crippen molar-refractivity contribution in [2.75, 3.05) is 42.9 Å². The average molecular weight is 541 g/mol. The van der Waals surface area contributed by atoms with E-state index in [-0.39, 0.29) is 36.6 Å². The lowest BCUT2D eigenvalue weighted by molar-refractivity contribution is -0.117. The highest BCUT2D eigenvalue weighted by atomic mass is 19.1. The van der Waals surface area contributed by atoms with Crippen LogP contribution in [0.1, 0.15) is 26.5 Å². The minimum atomic E-state index is -0.426. The lowest BCUT2D eigenvalue weighted by Crippen LogP contribution is -2.48. The molecule has 1 N–H and O–H groups in total. The van der Waals surface area contributed by atoms with Crippen LogP contribution in [-0.2, 0) is 11.3 Å². The molecule has 0 saturated carbocycles. The summed E-state index contributed by atoms with van der Waals surface area (Å²) in [5.74, 6) is -1.12. The second kappa shape index (κ2) is 12.3. The van der Waals surface area contributed by atoms with Crippen LogP contribution in [0.15, 0.2) is 102 Å². The number of piperazine rings is 1. The van der Waals surface area contributed by atoms with Gasteiger partial charge in [-0.25, -0.2) is 4.39 Å². The van der Waals surface area contributed by atoms with Crippen LogP contribution in [0.2, 0.25) is 0 Å². The molecule has 0 radical (unpaired) electrons. The first kappa shape index (κ1) is 26.7. The van der Waals surface area contributed by atoms with Crippen LogP contribution in [0, 0.1) is 5.82 Å². The van der Waals surface area contributed by atoms with E-state index in [1.165, 1.54) is 29.4 Å². The summed E-state index contributed by atoms with van der Waals surface area (Å²) < 4.78 is 18.8. The lowest BCUT2D eigenvalue weighted by Gasteiger charge is -2.36. The fourth-order valence-electron chi connectivity index (χ4n) is 4.66. The van der Waals surface area contributed by atoms with E-state index >= 15 is 0 Å². The molecule has 4 aromatic rings. The molecule has 2 heterocycles. The molecule has 3 amide bonds. The lowest BCUT2D eigenvalue weighted by atomic mass is 10.1. The molecular formula is C31H29FN4O4. The molecule has 1 aliphatic rings. The van der Waals surface area contributed by atoms with Gasteiger partial charge in [0.15, 0.2) is 5.76 Å². The number of carbonyl (C=O) groups excluding carboxylic acids is 3. The Balaban J connectivity index is 1.16. The van der Waals surface area contributed by atoms with Crippen molar-refractivity contribution >= 4 is 29.1 Å². The van der Waals surface area contributed by atoms with Crippen LogP contribution in [0.4, 0.5) is 15.8 Å². The van der Waals surface area contributed by atoms with E-state index in [0.29, 0.717) is 37.4 Å². The predicted octanol–water partition coefficient (Wildman–Crippen LogP) is 4.66. The van der Waals surface area contributed by atoms with Gasteiger partial charge in [0.05, 0.1) is 6.26 Å². The topological polar surface area (TPSA) is 86.1 Å². The van der Waals surface area contributed by atoms with Crippen LogP contribution in [-0.4, -0.2) is 60.2 Å². The zero-order valence-electron chi connectivity index (χ0n) is 21.8. The molecule has 1 aromatic heterocycles. The molecule has 40 heavy (non-hydrogen) atoms. The Kier molecular flexibility index (Phi) is 8.20. The van der Waals surface area contributed by atoms with Gasteiger partial charge < -0.3 is 24.4 Å². The molecular weight excluding hydrogens is 511 g/mol. The van der Waals surface area contributed by atoms with Gasteiger partial charge in [0.2, 0.25) is 5.91 Å². The smallest absolute Gasteiger partial charge is 0.290 e. The first-order valence-corrected chi connectivity index (χ1v) is 13.0. The molecule has 0 spiro atoms. The van der Waals surface area contributed by atoms with E-state index in [0.717, 1.165) is 11.3 Å². The number of hydrogen-bond acceptors (Lipinski definition) is 5. The van der Waals surface area contributed by atoms with Gasteiger partial charge in [-0.3, -0.25) is 14.4 Å². The third-order valence-corrected chi connectivity index (χ3v) is 6.72. The minimum absolute atomic E-state index is 0.141. The molecule has 3 aromatic carbocycles. The molecule has 1 aliphatic heterocycles. The Morgan fingerprint density at radius 2 is 1.60 bits per heavy atom. The molecule has 5 rings (SSSR count). The number of rotatable bonds is 8. The fraction of sp³-hybridized carbons (Fsp3) is 0.194. The maximum atomic E-state index is 13.5. The molecule has 0 unspecified atom stereocenters. The number of hydrogen-bond donors (Lipinski definition) is 1. The van der Waals surface area contributed by atoms with Gasteiger partial charge in [0, 0.05) is 49.7 Å². The highest BCUT2D eigenvalue weighted by Crippen LogP contribution is 2.21.